The van der Waals surface area contributed by atoms with Crippen LogP contribution in [0.1, 0.15) is 13.3 Å². The number of aromatic nitrogens is 1. The van der Waals surface area contributed by atoms with E-state index in [1.54, 1.807) is 0 Å². The van der Waals surface area contributed by atoms with E-state index in [2.05, 4.69) is 23.8 Å². The summed E-state index contributed by atoms with van der Waals surface area (Å²) >= 11 is 0. The summed E-state index contributed by atoms with van der Waals surface area (Å²) in [5.74, 6) is -0.188. The molecule has 0 aliphatic carbocycles. The lowest BCUT2D eigenvalue weighted by molar-refractivity contribution is 0.628. The van der Waals surface area contributed by atoms with E-state index in [1.807, 2.05) is 18.2 Å². The summed E-state index contributed by atoms with van der Waals surface area (Å²) in [6, 6.07) is 10.7. The van der Waals surface area contributed by atoms with E-state index >= 15 is 0 Å². The molecule has 0 saturated heterocycles. The first kappa shape index (κ1) is 9.97. The molecule has 0 atom stereocenters. The lowest BCUT2D eigenvalue weighted by Crippen LogP contribution is -1.96. The molecule has 0 amide bonds. The van der Waals surface area contributed by atoms with Crippen molar-refractivity contribution in [2.75, 3.05) is 0 Å². The Morgan fingerprint density at radius 1 is 1.13 bits per heavy atom. The Morgan fingerprint density at radius 2 is 1.87 bits per heavy atom. The van der Waals surface area contributed by atoms with E-state index in [0.29, 0.717) is 0 Å². The van der Waals surface area contributed by atoms with Crippen LogP contribution in [0.15, 0.2) is 42.6 Å². The molecule has 0 spiro atoms. The van der Waals surface area contributed by atoms with Gasteiger partial charge in [0.05, 0.1) is 0 Å². The lowest BCUT2D eigenvalue weighted by Gasteiger charge is -2.07. The highest BCUT2D eigenvalue weighted by Crippen LogP contribution is 2.20. The third-order valence-corrected chi connectivity index (χ3v) is 2.43. The van der Waals surface area contributed by atoms with Gasteiger partial charge in [0.15, 0.2) is 0 Å². The van der Waals surface area contributed by atoms with Crippen LogP contribution in [0.25, 0.3) is 11.3 Å². The molecular formula is C13H14FN. The molecule has 78 valence electrons. The largest absolute Gasteiger partial charge is 0.348 e. The zero-order valence-electron chi connectivity index (χ0n) is 8.78. The number of hydrogen-bond donors (Lipinski definition) is 0. The normalized spacial score (nSPS) is 10.5. The molecule has 2 heteroatoms. The molecule has 0 unspecified atom stereocenters. The van der Waals surface area contributed by atoms with Gasteiger partial charge in [-0.15, -0.1) is 0 Å². The Kier molecular flexibility index (Phi) is 2.86. The summed E-state index contributed by atoms with van der Waals surface area (Å²) in [5, 5.41) is 0. The maximum Gasteiger partial charge on any atom is 0.123 e. The van der Waals surface area contributed by atoms with E-state index in [9.17, 15) is 4.39 Å². The molecule has 15 heavy (non-hydrogen) atoms. The molecule has 2 aromatic rings. The van der Waals surface area contributed by atoms with Gasteiger partial charge in [0.25, 0.3) is 0 Å². The Morgan fingerprint density at radius 3 is 2.53 bits per heavy atom. The van der Waals surface area contributed by atoms with Crippen molar-refractivity contribution in [2.24, 2.45) is 0 Å². The van der Waals surface area contributed by atoms with Crippen LogP contribution in [0.2, 0.25) is 0 Å². The number of nitrogens with zero attached hydrogens (tertiary/aromatic N) is 1. The number of hydrogen-bond acceptors (Lipinski definition) is 0. The molecule has 0 fully saturated rings. The maximum absolute atomic E-state index is 12.8. The molecular weight excluding hydrogens is 189 g/mol. The molecule has 1 nitrogen and oxygen atoms in total. The van der Waals surface area contributed by atoms with Gasteiger partial charge < -0.3 is 4.57 Å². The fourth-order valence-corrected chi connectivity index (χ4v) is 1.73. The quantitative estimate of drug-likeness (QED) is 0.716. The topological polar surface area (TPSA) is 4.93 Å². The highest BCUT2D eigenvalue weighted by molar-refractivity contribution is 5.59. The van der Waals surface area contributed by atoms with Crippen molar-refractivity contribution in [3.63, 3.8) is 0 Å². The van der Waals surface area contributed by atoms with Gasteiger partial charge >= 0.3 is 0 Å². The average molecular weight is 203 g/mol. The van der Waals surface area contributed by atoms with Gasteiger partial charge in [-0.05, 0) is 48.4 Å². The summed E-state index contributed by atoms with van der Waals surface area (Å²) in [7, 11) is 0. The van der Waals surface area contributed by atoms with Crippen molar-refractivity contribution in [3.05, 3.63) is 48.4 Å². The Hall–Kier alpha value is -1.57. The SMILES string of the molecule is CCCn1cccc1-c1ccc(F)cc1. The van der Waals surface area contributed by atoms with Gasteiger partial charge in [-0.25, -0.2) is 4.39 Å². The number of rotatable bonds is 3. The zero-order chi connectivity index (χ0) is 10.7. The zero-order valence-corrected chi connectivity index (χ0v) is 8.78. The number of halogens is 1. The van der Waals surface area contributed by atoms with Crippen molar-refractivity contribution in [3.8, 4) is 11.3 Å². The average Bonchev–Trinajstić information content (AvgIpc) is 2.68. The number of benzene rings is 1. The second kappa shape index (κ2) is 4.30. The predicted molar refractivity (Wildman–Crippen MR) is 60.1 cm³/mol. The maximum atomic E-state index is 12.8. The molecule has 1 aromatic heterocycles. The minimum Gasteiger partial charge on any atom is -0.348 e. The van der Waals surface area contributed by atoms with Gasteiger partial charge in [0, 0.05) is 18.4 Å². The van der Waals surface area contributed by atoms with Gasteiger partial charge in [-0.2, -0.15) is 0 Å². The monoisotopic (exact) mass is 203 g/mol. The first-order valence-electron chi connectivity index (χ1n) is 5.22. The van der Waals surface area contributed by atoms with Crippen LogP contribution in [0.4, 0.5) is 4.39 Å². The minimum absolute atomic E-state index is 0.188. The number of aryl methyl sites for hydroxylation is 1. The van der Waals surface area contributed by atoms with Gasteiger partial charge in [0.1, 0.15) is 5.82 Å². The van der Waals surface area contributed by atoms with Crippen LogP contribution in [-0.2, 0) is 6.54 Å². The van der Waals surface area contributed by atoms with E-state index in [0.717, 1.165) is 24.2 Å². The molecule has 0 radical (unpaired) electrons. The van der Waals surface area contributed by atoms with Crippen LogP contribution >= 0.6 is 0 Å². The first-order chi connectivity index (χ1) is 7.31. The van der Waals surface area contributed by atoms with Crippen LogP contribution in [0.5, 0.6) is 0 Å². The summed E-state index contributed by atoms with van der Waals surface area (Å²) in [6.07, 6.45) is 3.16. The standard InChI is InChI=1S/C13H14FN/c1-2-9-15-10-3-4-13(15)11-5-7-12(14)8-6-11/h3-8,10H,2,9H2,1H3. The fourth-order valence-electron chi connectivity index (χ4n) is 1.73. The lowest BCUT2D eigenvalue weighted by atomic mass is 10.1. The first-order valence-corrected chi connectivity index (χ1v) is 5.22. The van der Waals surface area contributed by atoms with Crippen molar-refractivity contribution in [2.45, 2.75) is 19.9 Å². The smallest absolute Gasteiger partial charge is 0.123 e. The highest BCUT2D eigenvalue weighted by atomic mass is 19.1. The second-order valence-corrected chi connectivity index (χ2v) is 3.59. The van der Waals surface area contributed by atoms with Crippen LogP contribution in [0, 0.1) is 5.82 Å². The fraction of sp³-hybridized carbons (Fsp3) is 0.231. The van der Waals surface area contributed by atoms with E-state index in [4.69, 9.17) is 0 Å². The van der Waals surface area contributed by atoms with Crippen molar-refractivity contribution in [1.29, 1.82) is 0 Å². The second-order valence-electron chi connectivity index (χ2n) is 3.59. The minimum atomic E-state index is -0.188. The molecule has 0 N–H and O–H groups in total. The summed E-state index contributed by atoms with van der Waals surface area (Å²) in [4.78, 5) is 0. The molecule has 0 saturated carbocycles. The van der Waals surface area contributed by atoms with E-state index in [-0.39, 0.29) is 5.82 Å². The molecule has 0 aliphatic heterocycles. The molecule has 0 bridgehead atoms. The summed E-state index contributed by atoms with van der Waals surface area (Å²) in [6.45, 7) is 3.15. The molecule has 2 rings (SSSR count). The van der Waals surface area contributed by atoms with Crippen LogP contribution in [0.3, 0.4) is 0 Å². The Balaban J connectivity index is 2.36. The van der Waals surface area contributed by atoms with Gasteiger partial charge in [0.2, 0.25) is 0 Å². The summed E-state index contributed by atoms with van der Waals surface area (Å²) < 4.78 is 15.0. The van der Waals surface area contributed by atoms with Gasteiger partial charge in [-0.3, -0.25) is 0 Å². The third kappa shape index (κ3) is 2.09. The third-order valence-electron chi connectivity index (χ3n) is 2.43. The van der Waals surface area contributed by atoms with E-state index in [1.165, 1.54) is 12.1 Å². The van der Waals surface area contributed by atoms with Crippen molar-refractivity contribution < 1.29 is 4.39 Å². The molecule has 1 aromatic carbocycles. The van der Waals surface area contributed by atoms with E-state index < -0.39 is 0 Å². The molecule has 1 heterocycles. The van der Waals surface area contributed by atoms with Crippen LogP contribution in [-0.4, -0.2) is 4.57 Å². The van der Waals surface area contributed by atoms with Crippen molar-refractivity contribution in [1.82, 2.24) is 4.57 Å². The Bertz CT molecular complexity index is 428. The summed E-state index contributed by atoms with van der Waals surface area (Å²) in [5.41, 5.74) is 2.21. The predicted octanol–water partition coefficient (Wildman–Crippen LogP) is 3.70. The van der Waals surface area contributed by atoms with Crippen molar-refractivity contribution >= 4 is 0 Å². The highest BCUT2D eigenvalue weighted by Gasteiger charge is 2.02. The molecule has 0 aliphatic rings. The Labute approximate surface area is 89.2 Å². The van der Waals surface area contributed by atoms with Crippen LogP contribution < -0.4 is 0 Å². The van der Waals surface area contributed by atoms with Gasteiger partial charge in [-0.1, -0.05) is 6.92 Å².